The fourth-order valence-electron chi connectivity index (χ4n) is 2.00. The van der Waals surface area contributed by atoms with Crippen LogP contribution in [0.3, 0.4) is 0 Å². The second-order valence-electron chi connectivity index (χ2n) is 4.16. The Hall–Kier alpha value is -1.43. The molecule has 2 rings (SSSR count). The second-order valence-corrected chi connectivity index (χ2v) is 4.50. The standard InChI is InChI=1S/C11H14ClFN4O/c1-8(18)16-3-2-4-17(6-5-16)10-9(13)7-14-11(12)15-10/h7H,2-6H2,1H3. The van der Waals surface area contributed by atoms with Crippen molar-refractivity contribution in [3.63, 3.8) is 0 Å². The summed E-state index contributed by atoms with van der Waals surface area (Å²) >= 11 is 5.68. The minimum Gasteiger partial charge on any atom is -0.352 e. The fraction of sp³-hybridized carbons (Fsp3) is 0.545. The van der Waals surface area contributed by atoms with Crippen LogP contribution in [0.15, 0.2) is 6.20 Å². The largest absolute Gasteiger partial charge is 0.352 e. The minimum absolute atomic E-state index is 0.0269. The molecule has 0 bridgehead atoms. The number of amides is 1. The summed E-state index contributed by atoms with van der Waals surface area (Å²) in [5, 5.41) is 0.0269. The number of hydrogen-bond acceptors (Lipinski definition) is 4. The van der Waals surface area contributed by atoms with Crippen LogP contribution >= 0.6 is 11.6 Å². The Balaban J connectivity index is 2.14. The van der Waals surface area contributed by atoms with Gasteiger partial charge in [-0.3, -0.25) is 4.79 Å². The number of aromatic nitrogens is 2. The van der Waals surface area contributed by atoms with Crippen LogP contribution in [-0.2, 0) is 4.79 Å². The Morgan fingerprint density at radius 2 is 2.17 bits per heavy atom. The highest BCUT2D eigenvalue weighted by molar-refractivity contribution is 6.28. The summed E-state index contributed by atoms with van der Waals surface area (Å²) in [4.78, 5) is 22.3. The van der Waals surface area contributed by atoms with Crippen LogP contribution in [0, 0.1) is 5.82 Å². The van der Waals surface area contributed by atoms with Gasteiger partial charge in [0.25, 0.3) is 0 Å². The highest BCUT2D eigenvalue weighted by atomic mass is 35.5. The molecule has 2 heterocycles. The van der Waals surface area contributed by atoms with E-state index in [1.54, 1.807) is 9.80 Å². The van der Waals surface area contributed by atoms with E-state index in [1.165, 1.54) is 6.92 Å². The number of carbonyl (C=O) groups excluding carboxylic acids is 1. The molecule has 0 saturated carbocycles. The van der Waals surface area contributed by atoms with Crippen molar-refractivity contribution in [1.29, 1.82) is 0 Å². The quantitative estimate of drug-likeness (QED) is 0.724. The van der Waals surface area contributed by atoms with Gasteiger partial charge in [0, 0.05) is 33.1 Å². The van der Waals surface area contributed by atoms with Crippen LogP contribution in [0.25, 0.3) is 0 Å². The zero-order valence-electron chi connectivity index (χ0n) is 10.1. The lowest BCUT2D eigenvalue weighted by Crippen LogP contribution is -2.34. The van der Waals surface area contributed by atoms with Crippen molar-refractivity contribution in [3.8, 4) is 0 Å². The molecule has 1 saturated heterocycles. The number of rotatable bonds is 1. The van der Waals surface area contributed by atoms with E-state index in [9.17, 15) is 9.18 Å². The Bertz CT molecular complexity index is 457. The maximum absolute atomic E-state index is 13.6. The lowest BCUT2D eigenvalue weighted by Gasteiger charge is -2.22. The predicted molar refractivity (Wildman–Crippen MR) is 66.1 cm³/mol. The normalized spacial score (nSPS) is 16.6. The van der Waals surface area contributed by atoms with Crippen LogP contribution in [0.1, 0.15) is 13.3 Å². The van der Waals surface area contributed by atoms with Crippen molar-refractivity contribution >= 4 is 23.3 Å². The van der Waals surface area contributed by atoms with Gasteiger partial charge in [0.05, 0.1) is 6.20 Å². The van der Waals surface area contributed by atoms with Crippen molar-refractivity contribution in [1.82, 2.24) is 14.9 Å². The van der Waals surface area contributed by atoms with Crippen molar-refractivity contribution in [3.05, 3.63) is 17.3 Å². The summed E-state index contributed by atoms with van der Waals surface area (Å²) < 4.78 is 13.6. The van der Waals surface area contributed by atoms with E-state index in [1.807, 2.05) is 0 Å². The van der Waals surface area contributed by atoms with E-state index < -0.39 is 5.82 Å². The monoisotopic (exact) mass is 272 g/mol. The lowest BCUT2D eigenvalue weighted by molar-refractivity contribution is -0.128. The number of halogens is 2. The summed E-state index contributed by atoms with van der Waals surface area (Å²) in [5.41, 5.74) is 0. The summed E-state index contributed by atoms with van der Waals surface area (Å²) in [6.45, 7) is 3.98. The van der Waals surface area contributed by atoms with Gasteiger partial charge in [0.2, 0.25) is 11.2 Å². The van der Waals surface area contributed by atoms with Crippen molar-refractivity contribution < 1.29 is 9.18 Å². The molecule has 7 heteroatoms. The lowest BCUT2D eigenvalue weighted by atomic mass is 10.3. The fourth-order valence-corrected chi connectivity index (χ4v) is 2.13. The van der Waals surface area contributed by atoms with E-state index in [0.717, 1.165) is 12.6 Å². The third-order valence-electron chi connectivity index (χ3n) is 2.94. The first-order chi connectivity index (χ1) is 8.58. The van der Waals surface area contributed by atoms with Crippen molar-refractivity contribution in [2.24, 2.45) is 0 Å². The first-order valence-corrected chi connectivity index (χ1v) is 6.14. The number of carbonyl (C=O) groups is 1. The smallest absolute Gasteiger partial charge is 0.224 e. The van der Waals surface area contributed by atoms with Gasteiger partial charge < -0.3 is 9.80 Å². The molecule has 98 valence electrons. The summed E-state index contributed by atoms with van der Waals surface area (Å²) in [5.74, 6) is -0.242. The van der Waals surface area contributed by atoms with Gasteiger partial charge >= 0.3 is 0 Å². The van der Waals surface area contributed by atoms with Gasteiger partial charge in [0.15, 0.2) is 11.6 Å². The van der Waals surface area contributed by atoms with Gasteiger partial charge in [-0.15, -0.1) is 0 Å². The molecule has 0 aromatic carbocycles. The van der Waals surface area contributed by atoms with Crippen LogP contribution in [-0.4, -0.2) is 47.0 Å². The van der Waals surface area contributed by atoms with Gasteiger partial charge in [-0.05, 0) is 18.0 Å². The van der Waals surface area contributed by atoms with Gasteiger partial charge in [-0.2, -0.15) is 4.98 Å². The first kappa shape index (κ1) is 13.0. The van der Waals surface area contributed by atoms with Crippen LogP contribution < -0.4 is 4.90 Å². The number of anilines is 1. The molecule has 0 spiro atoms. The topological polar surface area (TPSA) is 49.3 Å². The van der Waals surface area contributed by atoms with Crippen molar-refractivity contribution in [2.45, 2.75) is 13.3 Å². The van der Waals surface area contributed by atoms with Crippen LogP contribution in [0.5, 0.6) is 0 Å². The maximum Gasteiger partial charge on any atom is 0.224 e. The Morgan fingerprint density at radius 1 is 1.39 bits per heavy atom. The van der Waals surface area contributed by atoms with E-state index in [2.05, 4.69) is 9.97 Å². The van der Waals surface area contributed by atoms with Crippen LogP contribution in [0.4, 0.5) is 10.2 Å². The summed E-state index contributed by atoms with van der Waals surface area (Å²) in [6, 6.07) is 0. The average molecular weight is 273 g/mol. The van der Waals surface area contributed by atoms with E-state index >= 15 is 0 Å². The molecule has 0 N–H and O–H groups in total. The SMILES string of the molecule is CC(=O)N1CCCN(c2nc(Cl)ncc2F)CC1. The molecular weight excluding hydrogens is 259 g/mol. The zero-order valence-corrected chi connectivity index (χ0v) is 10.8. The van der Waals surface area contributed by atoms with E-state index in [4.69, 9.17) is 11.6 Å². The molecule has 18 heavy (non-hydrogen) atoms. The number of hydrogen-bond donors (Lipinski definition) is 0. The Kier molecular flexibility index (Phi) is 3.96. The molecule has 1 fully saturated rings. The molecule has 1 aliphatic heterocycles. The molecule has 0 aliphatic carbocycles. The zero-order chi connectivity index (χ0) is 13.1. The third-order valence-corrected chi connectivity index (χ3v) is 3.12. The predicted octanol–water partition coefficient (Wildman–Crippen LogP) is 1.33. The molecule has 0 radical (unpaired) electrons. The van der Waals surface area contributed by atoms with E-state index in [-0.39, 0.29) is 17.0 Å². The second kappa shape index (κ2) is 5.48. The van der Waals surface area contributed by atoms with Gasteiger partial charge in [-0.25, -0.2) is 9.37 Å². The highest BCUT2D eigenvalue weighted by Crippen LogP contribution is 2.19. The molecule has 5 nitrogen and oxygen atoms in total. The maximum atomic E-state index is 13.6. The molecule has 0 unspecified atom stereocenters. The highest BCUT2D eigenvalue weighted by Gasteiger charge is 2.20. The first-order valence-electron chi connectivity index (χ1n) is 5.76. The molecule has 1 aliphatic rings. The van der Waals surface area contributed by atoms with Gasteiger partial charge in [0.1, 0.15) is 0 Å². The Labute approximate surface area is 110 Å². The molecule has 0 atom stereocenters. The molecule has 1 amide bonds. The van der Waals surface area contributed by atoms with Crippen molar-refractivity contribution in [2.75, 3.05) is 31.1 Å². The summed E-state index contributed by atoms with van der Waals surface area (Å²) in [6.07, 6.45) is 1.85. The minimum atomic E-state index is -0.490. The average Bonchev–Trinajstić information content (AvgIpc) is 2.58. The molecule has 1 aromatic rings. The van der Waals surface area contributed by atoms with E-state index in [0.29, 0.717) is 26.2 Å². The third kappa shape index (κ3) is 2.87. The summed E-state index contributed by atoms with van der Waals surface area (Å²) in [7, 11) is 0. The molecule has 1 aromatic heterocycles. The Morgan fingerprint density at radius 3 is 2.89 bits per heavy atom. The van der Waals surface area contributed by atoms with Gasteiger partial charge in [-0.1, -0.05) is 0 Å². The van der Waals surface area contributed by atoms with Crippen LogP contribution in [0.2, 0.25) is 5.28 Å². The number of nitrogens with zero attached hydrogens (tertiary/aromatic N) is 4. The molecular formula is C11H14ClFN4O.